The van der Waals surface area contributed by atoms with Gasteiger partial charge in [-0.1, -0.05) is 12.1 Å². The lowest BCUT2D eigenvalue weighted by atomic mass is 10.1. The second kappa shape index (κ2) is 7.71. The Bertz CT molecular complexity index is 1140. The molecule has 1 aliphatic carbocycles. The van der Waals surface area contributed by atoms with Crippen molar-refractivity contribution in [2.45, 2.75) is 32.1 Å². The standard InChI is InChI=1S/C22H24F3N5O/c1-13-22(31)27-20-16(26-13)5-4-14(19(20)24)12-28-7-9-29(10-8-28)17-3-2-6-30(21(17)25)18-11-15(18)23/h2-5,15,18H,6-12H2,1H3,(H,27,31)/t15-,18+/m0/s1. The first-order valence-corrected chi connectivity index (χ1v) is 10.5. The summed E-state index contributed by atoms with van der Waals surface area (Å²) >= 11 is 0. The van der Waals surface area contributed by atoms with E-state index in [1.807, 2.05) is 11.0 Å². The number of nitrogens with zero attached hydrogens (tertiary/aromatic N) is 4. The highest BCUT2D eigenvalue weighted by molar-refractivity contribution is 5.75. The van der Waals surface area contributed by atoms with Crippen molar-refractivity contribution in [2.75, 3.05) is 32.7 Å². The number of alkyl halides is 1. The van der Waals surface area contributed by atoms with E-state index >= 15 is 0 Å². The summed E-state index contributed by atoms with van der Waals surface area (Å²) in [6.45, 7) is 4.84. The van der Waals surface area contributed by atoms with Gasteiger partial charge in [-0.3, -0.25) is 9.69 Å². The Balaban J connectivity index is 1.27. The fourth-order valence-corrected chi connectivity index (χ4v) is 4.33. The highest BCUT2D eigenvalue weighted by Gasteiger charge is 2.44. The van der Waals surface area contributed by atoms with Gasteiger partial charge in [0.15, 0.2) is 5.82 Å². The van der Waals surface area contributed by atoms with Crippen LogP contribution in [0.3, 0.4) is 0 Å². The first-order valence-electron chi connectivity index (χ1n) is 10.5. The summed E-state index contributed by atoms with van der Waals surface area (Å²) in [7, 11) is 0. The molecule has 2 fully saturated rings. The van der Waals surface area contributed by atoms with Crippen LogP contribution >= 0.6 is 0 Å². The van der Waals surface area contributed by atoms with Crippen molar-refractivity contribution in [3.05, 3.63) is 63.4 Å². The Kier molecular flexibility index (Phi) is 5.00. The Morgan fingerprint density at radius 2 is 1.94 bits per heavy atom. The summed E-state index contributed by atoms with van der Waals surface area (Å²) in [5.74, 6) is -0.817. The largest absolute Gasteiger partial charge is 0.365 e. The summed E-state index contributed by atoms with van der Waals surface area (Å²) in [5, 5.41) is 0. The number of halogens is 3. The summed E-state index contributed by atoms with van der Waals surface area (Å²) in [6, 6.07) is 3.06. The molecule has 6 nitrogen and oxygen atoms in total. The van der Waals surface area contributed by atoms with Crippen LogP contribution in [0.4, 0.5) is 13.2 Å². The van der Waals surface area contributed by atoms with E-state index in [-0.39, 0.29) is 17.5 Å². The molecule has 1 aromatic carbocycles. The zero-order valence-electron chi connectivity index (χ0n) is 17.2. The summed E-state index contributed by atoms with van der Waals surface area (Å²) in [4.78, 5) is 24.1. The van der Waals surface area contributed by atoms with Gasteiger partial charge in [-0.2, -0.15) is 4.39 Å². The molecular formula is C22H24F3N5O. The number of fused-ring (bicyclic) bond motifs is 1. The van der Waals surface area contributed by atoms with E-state index in [0.717, 1.165) is 0 Å². The number of aromatic amines is 1. The van der Waals surface area contributed by atoms with Crippen LogP contribution in [0.15, 0.2) is 40.7 Å². The number of hydrogen-bond donors (Lipinski definition) is 1. The highest BCUT2D eigenvalue weighted by atomic mass is 19.1. The molecule has 2 aromatic rings. The van der Waals surface area contributed by atoms with Gasteiger partial charge in [0.05, 0.1) is 17.3 Å². The number of rotatable bonds is 4. The fourth-order valence-electron chi connectivity index (χ4n) is 4.33. The molecule has 5 rings (SSSR count). The number of hydrogen-bond acceptors (Lipinski definition) is 5. The van der Waals surface area contributed by atoms with Crippen LogP contribution in [0.2, 0.25) is 0 Å². The van der Waals surface area contributed by atoms with E-state index in [4.69, 9.17) is 0 Å². The summed E-state index contributed by atoms with van der Waals surface area (Å²) in [6.07, 6.45) is 3.09. The van der Waals surface area contributed by atoms with Crippen LogP contribution in [0.25, 0.3) is 11.0 Å². The van der Waals surface area contributed by atoms with Gasteiger partial charge in [-0.25, -0.2) is 13.8 Å². The molecule has 1 aromatic heterocycles. The van der Waals surface area contributed by atoms with Crippen LogP contribution < -0.4 is 5.56 Å². The number of allylic oxidation sites excluding steroid dienone is 1. The SMILES string of the molecule is Cc1nc2ccc(CN3CCN(C4=C(F)N([C@@H]5C[C@@H]5F)CC=C4)CC3)c(F)c2[nH]c1=O. The lowest BCUT2D eigenvalue weighted by molar-refractivity contribution is 0.143. The molecule has 9 heteroatoms. The molecule has 3 aliphatic rings. The van der Waals surface area contributed by atoms with E-state index in [2.05, 4.69) is 14.9 Å². The van der Waals surface area contributed by atoms with Crippen LogP contribution in [-0.2, 0) is 6.54 Å². The van der Waals surface area contributed by atoms with Crippen molar-refractivity contribution in [1.82, 2.24) is 24.7 Å². The molecule has 0 radical (unpaired) electrons. The van der Waals surface area contributed by atoms with E-state index in [9.17, 15) is 18.0 Å². The van der Waals surface area contributed by atoms with E-state index in [1.165, 1.54) is 4.90 Å². The molecule has 0 bridgehead atoms. The fraction of sp³-hybridized carbons (Fsp3) is 0.455. The van der Waals surface area contributed by atoms with Gasteiger partial charge in [0, 0.05) is 51.3 Å². The predicted octanol–water partition coefficient (Wildman–Crippen LogP) is 2.61. The normalized spacial score (nSPS) is 24.4. The van der Waals surface area contributed by atoms with Crippen molar-refractivity contribution >= 4 is 11.0 Å². The van der Waals surface area contributed by atoms with Crippen LogP contribution in [0.1, 0.15) is 17.7 Å². The third-order valence-corrected chi connectivity index (χ3v) is 6.28. The maximum Gasteiger partial charge on any atom is 0.269 e. The second-order valence-electron chi connectivity index (χ2n) is 8.40. The maximum atomic E-state index is 15.0. The maximum absolute atomic E-state index is 15.0. The lowest BCUT2D eigenvalue weighted by Crippen LogP contribution is -2.46. The van der Waals surface area contributed by atoms with Gasteiger partial charge >= 0.3 is 0 Å². The average Bonchev–Trinajstić information content (AvgIpc) is 3.49. The number of H-pyrrole nitrogens is 1. The number of aromatic nitrogens is 2. The molecule has 2 aliphatic heterocycles. The lowest BCUT2D eigenvalue weighted by Gasteiger charge is -2.38. The Morgan fingerprint density at radius 3 is 2.65 bits per heavy atom. The van der Waals surface area contributed by atoms with Crippen molar-refractivity contribution in [3.63, 3.8) is 0 Å². The topological polar surface area (TPSA) is 55.5 Å². The summed E-state index contributed by atoms with van der Waals surface area (Å²) in [5.41, 5.74) is 1.44. The molecule has 2 atom stereocenters. The predicted molar refractivity (Wildman–Crippen MR) is 111 cm³/mol. The van der Waals surface area contributed by atoms with Crippen LogP contribution in [0, 0.1) is 12.7 Å². The molecule has 1 saturated carbocycles. The van der Waals surface area contributed by atoms with Gasteiger partial charge in [0.2, 0.25) is 5.95 Å². The van der Waals surface area contributed by atoms with E-state index in [0.29, 0.717) is 68.2 Å². The van der Waals surface area contributed by atoms with Crippen molar-refractivity contribution in [3.8, 4) is 0 Å². The van der Waals surface area contributed by atoms with E-state index in [1.54, 1.807) is 25.1 Å². The zero-order valence-corrected chi connectivity index (χ0v) is 17.2. The Morgan fingerprint density at radius 1 is 1.19 bits per heavy atom. The number of piperazine rings is 1. The molecule has 3 heterocycles. The van der Waals surface area contributed by atoms with Crippen LogP contribution in [-0.4, -0.2) is 69.6 Å². The van der Waals surface area contributed by atoms with Crippen molar-refractivity contribution in [2.24, 2.45) is 0 Å². The summed E-state index contributed by atoms with van der Waals surface area (Å²) < 4.78 is 43.3. The van der Waals surface area contributed by atoms with Gasteiger partial charge in [-0.05, 0) is 19.1 Å². The third-order valence-electron chi connectivity index (χ3n) is 6.28. The Hall–Kier alpha value is -2.81. The minimum atomic E-state index is -0.943. The van der Waals surface area contributed by atoms with Gasteiger partial charge in [0.25, 0.3) is 5.56 Å². The average molecular weight is 431 g/mol. The van der Waals surface area contributed by atoms with E-state index < -0.39 is 17.5 Å². The van der Waals surface area contributed by atoms with Gasteiger partial charge < -0.3 is 14.8 Å². The number of nitrogens with one attached hydrogen (secondary N) is 1. The Labute approximate surface area is 177 Å². The number of benzene rings is 1. The molecular weight excluding hydrogens is 407 g/mol. The molecule has 164 valence electrons. The quantitative estimate of drug-likeness (QED) is 0.755. The van der Waals surface area contributed by atoms with Gasteiger partial charge in [0.1, 0.15) is 17.4 Å². The highest BCUT2D eigenvalue weighted by Crippen LogP contribution is 2.37. The second-order valence-corrected chi connectivity index (χ2v) is 8.40. The minimum Gasteiger partial charge on any atom is -0.365 e. The van der Waals surface area contributed by atoms with Crippen molar-refractivity contribution < 1.29 is 13.2 Å². The third kappa shape index (κ3) is 3.71. The molecule has 0 spiro atoms. The smallest absolute Gasteiger partial charge is 0.269 e. The minimum absolute atomic E-state index is 0.123. The molecule has 1 saturated heterocycles. The molecule has 1 N–H and O–H groups in total. The zero-order chi connectivity index (χ0) is 21.7. The number of aryl methyl sites for hydroxylation is 1. The van der Waals surface area contributed by atoms with Gasteiger partial charge in [-0.15, -0.1) is 0 Å². The first kappa shape index (κ1) is 20.1. The molecule has 0 unspecified atom stereocenters. The molecule has 31 heavy (non-hydrogen) atoms. The first-order chi connectivity index (χ1) is 14.9. The van der Waals surface area contributed by atoms with Crippen LogP contribution in [0.5, 0.6) is 0 Å². The monoisotopic (exact) mass is 431 g/mol. The van der Waals surface area contributed by atoms with Crippen molar-refractivity contribution in [1.29, 1.82) is 0 Å². The molecule has 0 amide bonds.